The number of benzene rings is 2. The maximum Gasteiger partial charge on any atom is 0.259 e. The molecule has 3 heteroatoms. The maximum absolute atomic E-state index is 13.0. The van der Waals surface area contributed by atoms with Crippen LogP contribution in [-0.4, -0.2) is 30.9 Å². The Labute approximate surface area is 137 Å². The van der Waals surface area contributed by atoms with Gasteiger partial charge in [-0.2, -0.15) is 0 Å². The van der Waals surface area contributed by atoms with Crippen molar-refractivity contribution in [2.75, 3.05) is 25.0 Å². The van der Waals surface area contributed by atoms with Crippen LogP contribution >= 0.6 is 0 Å². The Bertz CT molecular complexity index is 705. The molecule has 2 aromatic rings. The van der Waals surface area contributed by atoms with Crippen LogP contribution in [-0.2, 0) is 0 Å². The van der Waals surface area contributed by atoms with E-state index in [2.05, 4.69) is 24.1 Å². The first kappa shape index (κ1) is 14.5. The number of rotatable bonds is 2. The lowest BCUT2D eigenvalue weighted by molar-refractivity contribution is 0.0977. The molecule has 1 unspecified atom stereocenters. The molecule has 0 aliphatic carbocycles. The number of hydrogen-bond donors (Lipinski definition) is 0. The minimum Gasteiger partial charge on any atom is -0.306 e. The molecule has 1 saturated heterocycles. The fourth-order valence-electron chi connectivity index (χ4n) is 4.02. The number of hydrogen-bond acceptors (Lipinski definition) is 2. The summed E-state index contributed by atoms with van der Waals surface area (Å²) in [5.74, 6) is 0.676. The lowest BCUT2D eigenvalue weighted by Gasteiger charge is -2.37. The van der Waals surface area contributed by atoms with Gasteiger partial charge in [0.05, 0.1) is 6.04 Å². The first-order valence-corrected chi connectivity index (χ1v) is 8.42. The van der Waals surface area contributed by atoms with Crippen LogP contribution in [0.5, 0.6) is 0 Å². The fourth-order valence-corrected chi connectivity index (χ4v) is 4.02. The van der Waals surface area contributed by atoms with Crippen molar-refractivity contribution in [3.63, 3.8) is 0 Å². The second-order valence-corrected chi connectivity index (χ2v) is 6.68. The van der Waals surface area contributed by atoms with E-state index in [1.807, 2.05) is 47.4 Å². The highest BCUT2D eigenvalue weighted by molar-refractivity contribution is 6.11. The number of carbonyl (C=O) groups excluding carboxylic acids is 1. The van der Waals surface area contributed by atoms with Crippen molar-refractivity contribution >= 4 is 11.6 Å². The molecule has 1 amide bonds. The van der Waals surface area contributed by atoms with Gasteiger partial charge in [0.2, 0.25) is 0 Å². The SMILES string of the molecule is CN1CCC(C2c3ccccc3C(=O)N2c2ccccc2)CC1. The lowest BCUT2D eigenvalue weighted by Crippen LogP contribution is -2.38. The van der Waals surface area contributed by atoms with Crippen molar-refractivity contribution in [1.82, 2.24) is 4.90 Å². The Balaban J connectivity index is 1.76. The molecule has 0 radical (unpaired) electrons. The highest BCUT2D eigenvalue weighted by Crippen LogP contribution is 2.44. The van der Waals surface area contributed by atoms with Crippen LogP contribution in [0.15, 0.2) is 54.6 Å². The van der Waals surface area contributed by atoms with Gasteiger partial charge in [-0.3, -0.25) is 4.79 Å². The lowest BCUT2D eigenvalue weighted by atomic mass is 9.85. The van der Waals surface area contributed by atoms with Gasteiger partial charge in [0.25, 0.3) is 5.91 Å². The quantitative estimate of drug-likeness (QED) is 0.844. The van der Waals surface area contributed by atoms with Gasteiger partial charge in [-0.05, 0) is 62.7 Å². The van der Waals surface area contributed by atoms with Crippen LogP contribution in [0.2, 0.25) is 0 Å². The molecule has 23 heavy (non-hydrogen) atoms. The molecule has 0 bridgehead atoms. The van der Waals surface area contributed by atoms with E-state index in [9.17, 15) is 4.79 Å². The Morgan fingerprint density at radius 3 is 2.30 bits per heavy atom. The predicted molar refractivity (Wildman–Crippen MR) is 92.7 cm³/mol. The topological polar surface area (TPSA) is 23.6 Å². The Hall–Kier alpha value is -2.13. The molecule has 0 saturated carbocycles. The van der Waals surface area contributed by atoms with E-state index >= 15 is 0 Å². The summed E-state index contributed by atoms with van der Waals surface area (Å²) < 4.78 is 0. The van der Waals surface area contributed by atoms with Gasteiger partial charge in [0, 0.05) is 11.3 Å². The van der Waals surface area contributed by atoms with E-state index in [1.165, 1.54) is 5.56 Å². The van der Waals surface area contributed by atoms with E-state index in [4.69, 9.17) is 0 Å². The number of anilines is 1. The van der Waals surface area contributed by atoms with E-state index < -0.39 is 0 Å². The summed E-state index contributed by atoms with van der Waals surface area (Å²) in [5.41, 5.74) is 3.09. The summed E-state index contributed by atoms with van der Waals surface area (Å²) in [5, 5.41) is 0. The highest BCUT2D eigenvalue weighted by atomic mass is 16.2. The molecule has 2 heterocycles. The summed E-state index contributed by atoms with van der Waals surface area (Å²) >= 11 is 0. The zero-order valence-corrected chi connectivity index (χ0v) is 13.5. The van der Waals surface area contributed by atoms with Crippen molar-refractivity contribution in [2.45, 2.75) is 18.9 Å². The van der Waals surface area contributed by atoms with Crippen molar-refractivity contribution in [1.29, 1.82) is 0 Å². The third-order valence-electron chi connectivity index (χ3n) is 5.25. The zero-order chi connectivity index (χ0) is 15.8. The smallest absolute Gasteiger partial charge is 0.259 e. The van der Waals surface area contributed by atoms with E-state index in [1.54, 1.807) is 0 Å². The molecule has 2 aromatic carbocycles. The molecule has 1 fully saturated rings. The van der Waals surface area contributed by atoms with Crippen LogP contribution in [0.1, 0.15) is 34.8 Å². The second kappa shape index (κ2) is 5.82. The van der Waals surface area contributed by atoms with Crippen molar-refractivity contribution in [3.05, 3.63) is 65.7 Å². The van der Waals surface area contributed by atoms with Crippen LogP contribution in [0, 0.1) is 5.92 Å². The first-order valence-electron chi connectivity index (χ1n) is 8.42. The molecular weight excluding hydrogens is 284 g/mol. The third-order valence-corrected chi connectivity index (χ3v) is 5.25. The van der Waals surface area contributed by atoms with E-state index in [0.29, 0.717) is 5.92 Å². The first-order chi connectivity index (χ1) is 11.3. The fraction of sp³-hybridized carbons (Fsp3) is 0.350. The number of nitrogens with zero attached hydrogens (tertiary/aromatic N) is 2. The van der Waals surface area contributed by atoms with Crippen molar-refractivity contribution < 1.29 is 4.79 Å². The number of piperidine rings is 1. The average Bonchev–Trinajstić information content (AvgIpc) is 2.90. The molecule has 2 aliphatic rings. The molecule has 118 valence electrons. The summed E-state index contributed by atoms with van der Waals surface area (Å²) in [6.07, 6.45) is 2.29. The minimum absolute atomic E-state index is 0.149. The van der Waals surface area contributed by atoms with Gasteiger partial charge in [0.15, 0.2) is 0 Å². The predicted octanol–water partition coefficient (Wildman–Crippen LogP) is 3.73. The minimum atomic E-state index is 0.149. The Morgan fingerprint density at radius 2 is 1.57 bits per heavy atom. The monoisotopic (exact) mass is 306 g/mol. The highest BCUT2D eigenvalue weighted by Gasteiger charge is 2.42. The molecule has 2 aliphatic heterocycles. The largest absolute Gasteiger partial charge is 0.306 e. The van der Waals surface area contributed by atoms with Crippen LogP contribution in [0.3, 0.4) is 0 Å². The number of para-hydroxylation sites is 1. The number of likely N-dealkylation sites (tertiary alicyclic amines) is 1. The molecule has 4 rings (SSSR count). The van der Waals surface area contributed by atoms with Gasteiger partial charge in [-0.1, -0.05) is 36.4 Å². The standard InChI is InChI=1S/C20H22N2O/c1-21-13-11-15(12-14-21)19-17-9-5-6-10-18(17)20(23)22(19)16-7-3-2-4-8-16/h2-10,15,19H,11-14H2,1H3. The number of carbonyl (C=O) groups is 1. The van der Waals surface area contributed by atoms with Gasteiger partial charge >= 0.3 is 0 Å². The number of fused-ring (bicyclic) bond motifs is 1. The molecule has 0 N–H and O–H groups in total. The second-order valence-electron chi connectivity index (χ2n) is 6.68. The Morgan fingerprint density at radius 1 is 0.913 bits per heavy atom. The summed E-state index contributed by atoms with van der Waals surface area (Å²) in [4.78, 5) is 17.4. The average molecular weight is 306 g/mol. The summed E-state index contributed by atoms with van der Waals surface area (Å²) in [6.45, 7) is 2.22. The number of amides is 1. The molecule has 0 aromatic heterocycles. The Kier molecular flexibility index (Phi) is 3.66. The molecular formula is C20H22N2O. The molecule has 3 nitrogen and oxygen atoms in total. The van der Waals surface area contributed by atoms with Crippen LogP contribution in [0.25, 0.3) is 0 Å². The van der Waals surface area contributed by atoms with Crippen LogP contribution < -0.4 is 4.90 Å². The van der Waals surface area contributed by atoms with Crippen LogP contribution in [0.4, 0.5) is 5.69 Å². The van der Waals surface area contributed by atoms with Crippen molar-refractivity contribution in [3.8, 4) is 0 Å². The molecule has 1 atom stereocenters. The van der Waals surface area contributed by atoms with Gasteiger partial charge in [-0.25, -0.2) is 0 Å². The normalized spacial score (nSPS) is 22.4. The summed E-state index contributed by atoms with van der Waals surface area (Å²) in [7, 11) is 2.18. The van der Waals surface area contributed by atoms with Gasteiger partial charge in [-0.15, -0.1) is 0 Å². The maximum atomic E-state index is 13.0. The van der Waals surface area contributed by atoms with E-state index in [-0.39, 0.29) is 11.9 Å². The summed E-state index contributed by atoms with van der Waals surface area (Å²) in [6, 6.07) is 18.4. The van der Waals surface area contributed by atoms with Crippen molar-refractivity contribution in [2.24, 2.45) is 5.92 Å². The van der Waals surface area contributed by atoms with E-state index in [0.717, 1.165) is 37.2 Å². The van der Waals surface area contributed by atoms with Gasteiger partial charge in [0.1, 0.15) is 0 Å². The van der Waals surface area contributed by atoms with Gasteiger partial charge < -0.3 is 9.80 Å². The molecule has 0 spiro atoms. The zero-order valence-electron chi connectivity index (χ0n) is 13.5. The third kappa shape index (κ3) is 2.45.